The van der Waals surface area contributed by atoms with Crippen LogP contribution in [-0.4, -0.2) is 48.4 Å². The second-order valence-corrected chi connectivity index (χ2v) is 7.26. The molecule has 114 valence electrons. The van der Waals surface area contributed by atoms with Crippen molar-refractivity contribution in [3.63, 3.8) is 0 Å². The highest BCUT2D eigenvalue weighted by Crippen LogP contribution is 2.31. The smallest absolute Gasteiger partial charge is 0.254 e. The third kappa shape index (κ3) is 2.88. The summed E-state index contributed by atoms with van der Waals surface area (Å²) in [6.45, 7) is 5.02. The monoisotopic (exact) mass is 350 g/mol. The number of amides is 1. The third-order valence-corrected chi connectivity index (χ3v) is 5.99. The number of hydrogen-bond acceptors (Lipinski definition) is 2. The zero-order chi connectivity index (χ0) is 15.0. The van der Waals surface area contributed by atoms with Crippen molar-refractivity contribution in [2.75, 3.05) is 26.7 Å². The topological polar surface area (TPSA) is 23.6 Å². The van der Waals surface area contributed by atoms with E-state index < -0.39 is 0 Å². The molecule has 0 radical (unpaired) electrons. The van der Waals surface area contributed by atoms with E-state index in [1.165, 1.54) is 19.4 Å². The van der Waals surface area contributed by atoms with E-state index in [2.05, 4.69) is 32.8 Å². The van der Waals surface area contributed by atoms with Gasteiger partial charge in [-0.2, -0.15) is 0 Å². The molecule has 1 aromatic rings. The summed E-state index contributed by atoms with van der Waals surface area (Å²) in [5.41, 5.74) is 1.89. The SMILES string of the molecule is Cc1c(Br)cccc1C(=O)N1CCC2C(CCCN2C)C1. The lowest BCUT2D eigenvalue weighted by molar-refractivity contribution is 0.0316. The Morgan fingerprint density at radius 1 is 1.29 bits per heavy atom. The minimum absolute atomic E-state index is 0.195. The molecule has 2 aliphatic heterocycles. The van der Waals surface area contributed by atoms with Crippen molar-refractivity contribution in [1.29, 1.82) is 0 Å². The lowest BCUT2D eigenvalue weighted by Gasteiger charge is -2.46. The number of likely N-dealkylation sites (tertiary alicyclic amines) is 2. The van der Waals surface area contributed by atoms with Crippen molar-refractivity contribution in [2.45, 2.75) is 32.2 Å². The van der Waals surface area contributed by atoms with Crippen LogP contribution in [0.2, 0.25) is 0 Å². The third-order valence-electron chi connectivity index (χ3n) is 5.13. The Kier molecular flexibility index (Phi) is 4.36. The van der Waals surface area contributed by atoms with Gasteiger partial charge in [-0.1, -0.05) is 22.0 Å². The quantitative estimate of drug-likeness (QED) is 0.775. The normalized spacial score (nSPS) is 26.5. The highest BCUT2D eigenvalue weighted by Gasteiger charge is 2.36. The van der Waals surface area contributed by atoms with E-state index >= 15 is 0 Å². The fourth-order valence-corrected chi connectivity index (χ4v) is 4.21. The first-order valence-corrected chi connectivity index (χ1v) is 8.62. The first-order valence-electron chi connectivity index (χ1n) is 7.82. The molecule has 3 nitrogen and oxygen atoms in total. The predicted octanol–water partition coefficient (Wildman–Crippen LogP) is 3.31. The van der Waals surface area contributed by atoms with Gasteiger partial charge in [0, 0.05) is 29.2 Å². The largest absolute Gasteiger partial charge is 0.338 e. The first kappa shape index (κ1) is 15.0. The van der Waals surface area contributed by atoms with Gasteiger partial charge >= 0.3 is 0 Å². The number of hydrogen-bond donors (Lipinski definition) is 0. The molecule has 0 aliphatic carbocycles. The number of carbonyl (C=O) groups excluding carboxylic acids is 1. The fraction of sp³-hybridized carbons (Fsp3) is 0.588. The van der Waals surface area contributed by atoms with E-state index in [4.69, 9.17) is 0 Å². The summed E-state index contributed by atoms with van der Waals surface area (Å²) in [6, 6.07) is 6.56. The molecule has 2 unspecified atom stereocenters. The van der Waals surface area contributed by atoms with E-state index in [0.717, 1.165) is 35.1 Å². The molecule has 2 fully saturated rings. The number of halogens is 1. The number of carbonyl (C=O) groups is 1. The molecule has 0 aromatic heterocycles. The van der Waals surface area contributed by atoms with Crippen LogP contribution in [0.3, 0.4) is 0 Å². The minimum Gasteiger partial charge on any atom is -0.338 e. The van der Waals surface area contributed by atoms with E-state index in [0.29, 0.717) is 12.0 Å². The van der Waals surface area contributed by atoms with Gasteiger partial charge in [0.1, 0.15) is 0 Å². The average Bonchev–Trinajstić information content (AvgIpc) is 2.49. The summed E-state index contributed by atoms with van der Waals surface area (Å²) >= 11 is 3.52. The Morgan fingerprint density at radius 2 is 2.10 bits per heavy atom. The Morgan fingerprint density at radius 3 is 2.90 bits per heavy atom. The molecule has 0 N–H and O–H groups in total. The van der Waals surface area contributed by atoms with Crippen LogP contribution in [0.1, 0.15) is 35.2 Å². The van der Waals surface area contributed by atoms with Gasteiger partial charge in [-0.15, -0.1) is 0 Å². The maximum absolute atomic E-state index is 12.8. The van der Waals surface area contributed by atoms with E-state index in [9.17, 15) is 4.79 Å². The number of fused-ring (bicyclic) bond motifs is 1. The predicted molar refractivity (Wildman–Crippen MR) is 88.5 cm³/mol. The first-order chi connectivity index (χ1) is 10.1. The Bertz CT molecular complexity index is 546. The Labute approximate surface area is 135 Å². The molecular weight excluding hydrogens is 328 g/mol. The van der Waals surface area contributed by atoms with Crippen LogP contribution in [0.15, 0.2) is 22.7 Å². The highest BCUT2D eigenvalue weighted by molar-refractivity contribution is 9.10. The van der Waals surface area contributed by atoms with Crippen molar-refractivity contribution in [2.24, 2.45) is 5.92 Å². The fourth-order valence-electron chi connectivity index (χ4n) is 3.85. The standard InChI is InChI=1S/C17H23BrN2O/c1-12-14(6-3-7-15(12)18)17(21)20-10-8-16-13(11-20)5-4-9-19(16)2/h3,6-7,13,16H,4-5,8-11H2,1-2H3. The molecule has 1 amide bonds. The molecule has 0 bridgehead atoms. The van der Waals surface area contributed by atoms with Crippen molar-refractivity contribution in [3.05, 3.63) is 33.8 Å². The van der Waals surface area contributed by atoms with Gasteiger partial charge in [0.25, 0.3) is 5.91 Å². The van der Waals surface area contributed by atoms with Crippen molar-refractivity contribution in [3.8, 4) is 0 Å². The van der Waals surface area contributed by atoms with Crippen LogP contribution in [0, 0.1) is 12.8 Å². The maximum Gasteiger partial charge on any atom is 0.254 e. The van der Waals surface area contributed by atoms with Crippen LogP contribution in [0.4, 0.5) is 0 Å². The molecule has 2 aliphatic rings. The van der Waals surface area contributed by atoms with Crippen LogP contribution >= 0.6 is 15.9 Å². The van der Waals surface area contributed by atoms with Crippen molar-refractivity contribution < 1.29 is 4.79 Å². The van der Waals surface area contributed by atoms with Gasteiger partial charge in [-0.25, -0.2) is 0 Å². The van der Waals surface area contributed by atoms with Crippen molar-refractivity contribution >= 4 is 21.8 Å². The number of piperidine rings is 2. The lowest BCUT2D eigenvalue weighted by atomic mass is 9.84. The van der Waals surface area contributed by atoms with Crippen LogP contribution in [0.5, 0.6) is 0 Å². The summed E-state index contributed by atoms with van der Waals surface area (Å²) in [7, 11) is 2.23. The minimum atomic E-state index is 0.195. The summed E-state index contributed by atoms with van der Waals surface area (Å²) in [5.74, 6) is 0.842. The second-order valence-electron chi connectivity index (χ2n) is 6.40. The zero-order valence-corrected chi connectivity index (χ0v) is 14.4. The molecule has 0 saturated carbocycles. The molecule has 4 heteroatoms. The Hall–Kier alpha value is -0.870. The van der Waals surface area contributed by atoms with E-state index in [1.807, 2.05) is 25.1 Å². The highest BCUT2D eigenvalue weighted by atomic mass is 79.9. The summed E-state index contributed by atoms with van der Waals surface area (Å²) in [6.07, 6.45) is 3.63. The van der Waals surface area contributed by atoms with Gasteiger partial charge < -0.3 is 9.80 Å². The van der Waals surface area contributed by atoms with Gasteiger partial charge in [-0.05, 0) is 63.4 Å². The zero-order valence-electron chi connectivity index (χ0n) is 12.8. The molecule has 2 heterocycles. The second kappa shape index (κ2) is 6.09. The molecule has 21 heavy (non-hydrogen) atoms. The Balaban J connectivity index is 1.76. The summed E-state index contributed by atoms with van der Waals surface area (Å²) in [4.78, 5) is 17.4. The van der Waals surface area contributed by atoms with Crippen LogP contribution in [-0.2, 0) is 0 Å². The van der Waals surface area contributed by atoms with Gasteiger partial charge in [-0.3, -0.25) is 4.79 Å². The molecule has 3 rings (SSSR count). The number of benzene rings is 1. The van der Waals surface area contributed by atoms with Crippen LogP contribution < -0.4 is 0 Å². The summed E-state index contributed by atoms with van der Waals surface area (Å²) in [5, 5.41) is 0. The van der Waals surface area contributed by atoms with Gasteiger partial charge in [0.2, 0.25) is 0 Å². The molecule has 2 saturated heterocycles. The van der Waals surface area contributed by atoms with Gasteiger partial charge in [0.15, 0.2) is 0 Å². The average molecular weight is 351 g/mol. The van der Waals surface area contributed by atoms with E-state index in [1.54, 1.807) is 0 Å². The lowest BCUT2D eigenvalue weighted by Crippen LogP contribution is -2.54. The van der Waals surface area contributed by atoms with Crippen LogP contribution in [0.25, 0.3) is 0 Å². The number of rotatable bonds is 1. The van der Waals surface area contributed by atoms with E-state index in [-0.39, 0.29) is 5.91 Å². The van der Waals surface area contributed by atoms with Crippen molar-refractivity contribution in [1.82, 2.24) is 9.80 Å². The number of nitrogens with zero attached hydrogens (tertiary/aromatic N) is 2. The molecular formula is C17H23BrN2O. The molecule has 1 aromatic carbocycles. The van der Waals surface area contributed by atoms with Gasteiger partial charge in [0.05, 0.1) is 0 Å². The summed E-state index contributed by atoms with van der Waals surface area (Å²) < 4.78 is 1.01. The molecule has 2 atom stereocenters. The molecule has 0 spiro atoms. The maximum atomic E-state index is 12.8.